The lowest BCUT2D eigenvalue weighted by Gasteiger charge is -2.33. The van der Waals surface area contributed by atoms with E-state index in [1.54, 1.807) is 17.6 Å². The van der Waals surface area contributed by atoms with Crippen LogP contribution in [-0.2, 0) is 24.0 Å². The molecule has 1 fully saturated rings. The predicted molar refractivity (Wildman–Crippen MR) is 122 cm³/mol. The summed E-state index contributed by atoms with van der Waals surface area (Å²) >= 11 is 0. The van der Waals surface area contributed by atoms with E-state index in [2.05, 4.69) is 5.10 Å². The number of alkyl halides is 3. The van der Waals surface area contributed by atoms with E-state index in [-0.39, 0.29) is 28.8 Å². The zero-order valence-electron chi connectivity index (χ0n) is 19.3. The third-order valence-corrected chi connectivity index (χ3v) is 6.29. The molecule has 3 heterocycles. The average molecular weight is 505 g/mol. The van der Waals surface area contributed by atoms with Crippen LogP contribution in [0.1, 0.15) is 46.4 Å². The van der Waals surface area contributed by atoms with Gasteiger partial charge >= 0.3 is 6.18 Å². The number of benzene rings is 1. The normalized spacial score (nSPS) is 15.6. The first-order valence-electron chi connectivity index (χ1n) is 11.5. The topological polar surface area (TPSA) is 122 Å². The number of amides is 2. The van der Waals surface area contributed by atoms with Crippen LogP contribution >= 0.6 is 0 Å². The van der Waals surface area contributed by atoms with E-state index in [0.717, 1.165) is 23.8 Å². The van der Waals surface area contributed by atoms with E-state index in [0.29, 0.717) is 18.7 Å². The molecule has 12 heteroatoms. The quantitative estimate of drug-likeness (QED) is 0.320. The van der Waals surface area contributed by atoms with Gasteiger partial charge in [-0.05, 0) is 68.2 Å². The maximum atomic E-state index is 13.6. The zero-order valence-corrected chi connectivity index (χ0v) is 19.3. The lowest BCUT2D eigenvalue weighted by Crippen LogP contribution is -2.49. The Kier molecular flexibility index (Phi) is 7.45. The highest BCUT2D eigenvalue weighted by atomic mass is 19.4. The van der Waals surface area contributed by atoms with Gasteiger partial charge in [0.2, 0.25) is 5.91 Å². The van der Waals surface area contributed by atoms with Crippen molar-refractivity contribution in [3.8, 4) is 5.75 Å². The molecule has 9 nitrogen and oxygen atoms in total. The van der Waals surface area contributed by atoms with Crippen LogP contribution in [0.5, 0.6) is 5.75 Å². The highest BCUT2D eigenvalue weighted by molar-refractivity contribution is 5.95. The fourth-order valence-corrected chi connectivity index (χ4v) is 4.55. The van der Waals surface area contributed by atoms with Crippen LogP contribution in [-0.4, -0.2) is 50.7 Å². The summed E-state index contributed by atoms with van der Waals surface area (Å²) in [7, 11) is 0. The standard InChI is InChI=1S/C24H26F3N5O4/c25-24(26,27)21-18(19-6-2-5-11-32(19)29-21)14-36-16-7-8-17(22(28)33)15(12-16)13-20(23(34)30-35)31-9-3-1-4-10-31/h2,5-8,11-12,20,35H,1,3-4,9-10,13-14H2,(H2,28,33)(H,30,34)/t20-/m0/s1. The number of halogens is 3. The number of nitrogens with zero attached hydrogens (tertiary/aromatic N) is 3. The summed E-state index contributed by atoms with van der Waals surface area (Å²) < 4.78 is 47.7. The Balaban J connectivity index is 1.63. The van der Waals surface area contributed by atoms with E-state index >= 15 is 0 Å². The number of aromatic nitrogens is 2. The van der Waals surface area contributed by atoms with Gasteiger partial charge in [-0.1, -0.05) is 12.5 Å². The van der Waals surface area contributed by atoms with Gasteiger partial charge in [0.05, 0.1) is 11.6 Å². The molecule has 36 heavy (non-hydrogen) atoms. The number of ether oxygens (including phenoxy) is 1. The minimum atomic E-state index is -4.68. The van der Waals surface area contributed by atoms with E-state index < -0.39 is 36.3 Å². The number of hydrogen-bond donors (Lipinski definition) is 3. The van der Waals surface area contributed by atoms with Gasteiger partial charge in [-0.3, -0.25) is 19.7 Å². The number of nitrogens with two attached hydrogens (primary N) is 1. The van der Waals surface area contributed by atoms with Crippen LogP contribution in [0.15, 0.2) is 42.6 Å². The number of pyridine rings is 1. The third-order valence-electron chi connectivity index (χ3n) is 6.29. The molecular weight excluding hydrogens is 479 g/mol. The van der Waals surface area contributed by atoms with E-state index in [4.69, 9.17) is 10.5 Å². The Labute approximate surface area is 204 Å². The number of primary amides is 1. The number of hydroxylamine groups is 1. The Morgan fingerprint density at radius 1 is 1.17 bits per heavy atom. The number of likely N-dealkylation sites (tertiary alicyclic amines) is 1. The van der Waals surface area contributed by atoms with Gasteiger partial charge in [0, 0.05) is 17.3 Å². The van der Waals surface area contributed by atoms with Crippen molar-refractivity contribution in [2.24, 2.45) is 5.73 Å². The lowest BCUT2D eigenvalue weighted by molar-refractivity contribution is -0.142. The molecule has 0 saturated carbocycles. The molecule has 0 unspecified atom stereocenters. The Hall–Kier alpha value is -3.64. The molecule has 1 aromatic carbocycles. The molecule has 2 amide bonds. The average Bonchev–Trinajstić information content (AvgIpc) is 3.25. The summed E-state index contributed by atoms with van der Waals surface area (Å²) in [4.78, 5) is 26.4. The highest BCUT2D eigenvalue weighted by Gasteiger charge is 2.38. The lowest BCUT2D eigenvalue weighted by atomic mass is 9.96. The summed E-state index contributed by atoms with van der Waals surface area (Å²) in [6.45, 7) is 0.870. The fraction of sp³-hybridized carbons (Fsp3) is 0.375. The molecule has 0 bridgehead atoms. The van der Waals surface area contributed by atoms with Crippen molar-refractivity contribution < 1.29 is 32.7 Å². The Bertz CT molecular complexity index is 1250. The minimum Gasteiger partial charge on any atom is -0.489 e. The van der Waals surface area contributed by atoms with Crippen LogP contribution in [0.4, 0.5) is 13.2 Å². The maximum Gasteiger partial charge on any atom is 0.435 e. The van der Waals surface area contributed by atoms with Crippen molar-refractivity contribution in [1.82, 2.24) is 20.0 Å². The van der Waals surface area contributed by atoms with E-state index in [1.165, 1.54) is 30.5 Å². The second kappa shape index (κ2) is 10.5. The first-order chi connectivity index (χ1) is 17.2. The SMILES string of the molecule is NC(=O)c1ccc(OCc2c(C(F)(F)F)nn3ccccc23)cc1C[C@@H](C(=O)NO)N1CCCCC1. The minimum absolute atomic E-state index is 0.0480. The maximum absolute atomic E-state index is 13.6. The van der Waals surface area contributed by atoms with Crippen LogP contribution in [0.2, 0.25) is 0 Å². The Morgan fingerprint density at radius 2 is 1.92 bits per heavy atom. The first-order valence-corrected chi connectivity index (χ1v) is 11.5. The molecule has 0 radical (unpaired) electrons. The second-order valence-electron chi connectivity index (χ2n) is 8.62. The molecule has 0 spiro atoms. The van der Waals surface area contributed by atoms with Gasteiger partial charge < -0.3 is 10.5 Å². The summed E-state index contributed by atoms with van der Waals surface area (Å²) in [6, 6.07) is 8.26. The summed E-state index contributed by atoms with van der Waals surface area (Å²) in [5.74, 6) is -1.15. The fourth-order valence-electron chi connectivity index (χ4n) is 4.55. The van der Waals surface area contributed by atoms with Gasteiger partial charge in [0.1, 0.15) is 12.4 Å². The van der Waals surface area contributed by atoms with E-state index in [9.17, 15) is 28.0 Å². The Morgan fingerprint density at radius 3 is 2.58 bits per heavy atom. The zero-order chi connectivity index (χ0) is 25.9. The van der Waals surface area contributed by atoms with Gasteiger partial charge in [-0.25, -0.2) is 10.00 Å². The van der Waals surface area contributed by atoms with Crippen LogP contribution in [0.25, 0.3) is 5.52 Å². The predicted octanol–water partition coefficient (Wildman–Crippen LogP) is 2.93. The molecule has 1 atom stereocenters. The van der Waals surface area contributed by atoms with Gasteiger partial charge in [0.25, 0.3) is 5.91 Å². The number of carbonyl (C=O) groups is 2. The van der Waals surface area contributed by atoms with Crippen molar-refractivity contribution in [1.29, 1.82) is 0 Å². The number of hydrogen-bond acceptors (Lipinski definition) is 6. The molecule has 1 aliphatic rings. The van der Waals surface area contributed by atoms with Crippen molar-refractivity contribution >= 4 is 17.3 Å². The molecule has 3 aromatic rings. The van der Waals surface area contributed by atoms with Crippen LogP contribution < -0.4 is 16.0 Å². The summed E-state index contributed by atoms with van der Waals surface area (Å²) in [5.41, 5.74) is 6.83. The molecular formula is C24H26F3N5O4. The van der Waals surface area contributed by atoms with Gasteiger partial charge in [0.15, 0.2) is 5.69 Å². The highest BCUT2D eigenvalue weighted by Crippen LogP contribution is 2.34. The summed E-state index contributed by atoms with van der Waals surface area (Å²) in [5, 5.41) is 12.9. The number of carbonyl (C=O) groups excluding carboxylic acids is 2. The molecule has 1 aliphatic heterocycles. The van der Waals surface area contributed by atoms with Crippen LogP contribution in [0.3, 0.4) is 0 Å². The third kappa shape index (κ3) is 5.44. The summed E-state index contributed by atoms with van der Waals surface area (Å²) in [6.07, 6.45) is -0.397. The molecule has 4 rings (SSSR count). The van der Waals surface area contributed by atoms with Crippen LogP contribution in [0, 0.1) is 0 Å². The van der Waals surface area contributed by atoms with Crippen molar-refractivity contribution in [3.05, 3.63) is 65.0 Å². The van der Waals surface area contributed by atoms with Gasteiger partial charge in [-0.2, -0.15) is 18.3 Å². The number of fused-ring (bicyclic) bond motifs is 1. The van der Waals surface area contributed by atoms with Crippen molar-refractivity contribution in [2.75, 3.05) is 13.1 Å². The first kappa shape index (κ1) is 25.5. The second-order valence-corrected chi connectivity index (χ2v) is 8.62. The van der Waals surface area contributed by atoms with Crippen molar-refractivity contribution in [3.63, 3.8) is 0 Å². The smallest absolute Gasteiger partial charge is 0.435 e. The molecule has 192 valence electrons. The number of piperidine rings is 1. The van der Waals surface area contributed by atoms with Crippen molar-refractivity contribution in [2.45, 2.75) is 44.5 Å². The van der Waals surface area contributed by atoms with E-state index in [1.807, 2.05) is 4.90 Å². The molecule has 4 N–H and O–H groups in total. The molecule has 2 aromatic heterocycles. The largest absolute Gasteiger partial charge is 0.489 e. The number of rotatable bonds is 8. The van der Waals surface area contributed by atoms with Gasteiger partial charge in [-0.15, -0.1) is 0 Å². The molecule has 0 aliphatic carbocycles. The number of nitrogens with one attached hydrogen (secondary N) is 1. The monoisotopic (exact) mass is 505 g/mol. The molecule has 1 saturated heterocycles.